The third-order valence-corrected chi connectivity index (χ3v) is 4.29. The van der Waals surface area contributed by atoms with Gasteiger partial charge in [-0.15, -0.1) is 11.3 Å². The SMILES string of the molecule is COc1ccccc1OCC(=O)Nc1scc(C(C)(C)C)c1C#N. The van der Waals surface area contributed by atoms with E-state index < -0.39 is 0 Å². The quantitative estimate of drug-likeness (QED) is 0.891. The third kappa shape index (κ3) is 4.06. The molecule has 0 aliphatic rings. The molecule has 0 bridgehead atoms. The number of rotatable bonds is 5. The van der Waals surface area contributed by atoms with Crippen LogP contribution in [0.2, 0.25) is 0 Å². The Morgan fingerprint density at radius 3 is 2.54 bits per heavy atom. The largest absolute Gasteiger partial charge is 0.493 e. The van der Waals surface area contributed by atoms with Crippen molar-refractivity contribution in [2.45, 2.75) is 26.2 Å². The standard InChI is InChI=1S/C18H20N2O3S/c1-18(2,3)13-11-24-17(12(13)9-19)20-16(21)10-23-15-8-6-5-7-14(15)22-4/h5-8,11H,10H2,1-4H3,(H,20,21). The van der Waals surface area contributed by atoms with Crippen molar-refractivity contribution in [3.05, 3.63) is 40.8 Å². The number of para-hydroxylation sites is 2. The van der Waals surface area contributed by atoms with Crippen LogP contribution in [0.4, 0.5) is 5.00 Å². The molecule has 0 fully saturated rings. The number of methoxy groups -OCH3 is 1. The summed E-state index contributed by atoms with van der Waals surface area (Å²) >= 11 is 1.35. The van der Waals surface area contributed by atoms with Crippen LogP contribution in [0.1, 0.15) is 31.9 Å². The van der Waals surface area contributed by atoms with Gasteiger partial charge in [-0.25, -0.2) is 0 Å². The lowest BCUT2D eigenvalue weighted by atomic mass is 9.86. The van der Waals surface area contributed by atoms with Crippen molar-refractivity contribution in [1.82, 2.24) is 0 Å². The number of carbonyl (C=O) groups excluding carboxylic acids is 1. The van der Waals surface area contributed by atoms with Crippen LogP contribution in [-0.4, -0.2) is 19.6 Å². The average molecular weight is 344 g/mol. The first kappa shape index (κ1) is 17.8. The summed E-state index contributed by atoms with van der Waals surface area (Å²) < 4.78 is 10.7. The highest BCUT2D eigenvalue weighted by atomic mass is 32.1. The fraction of sp³-hybridized carbons (Fsp3) is 0.333. The number of benzene rings is 1. The summed E-state index contributed by atoms with van der Waals surface area (Å²) in [7, 11) is 1.54. The topological polar surface area (TPSA) is 71.3 Å². The van der Waals surface area contributed by atoms with Crippen molar-refractivity contribution < 1.29 is 14.3 Å². The van der Waals surface area contributed by atoms with Crippen LogP contribution in [-0.2, 0) is 10.2 Å². The lowest BCUT2D eigenvalue weighted by Crippen LogP contribution is -2.20. The lowest BCUT2D eigenvalue weighted by molar-refractivity contribution is -0.118. The summed E-state index contributed by atoms with van der Waals surface area (Å²) in [5, 5.41) is 14.6. The smallest absolute Gasteiger partial charge is 0.262 e. The summed E-state index contributed by atoms with van der Waals surface area (Å²) in [5.74, 6) is 0.742. The highest BCUT2D eigenvalue weighted by Crippen LogP contribution is 2.35. The maximum absolute atomic E-state index is 12.1. The van der Waals surface area contributed by atoms with Crippen LogP contribution in [0.3, 0.4) is 0 Å². The molecule has 2 aromatic rings. The van der Waals surface area contributed by atoms with Gasteiger partial charge in [-0.2, -0.15) is 5.26 Å². The first-order valence-corrected chi connectivity index (χ1v) is 8.32. The van der Waals surface area contributed by atoms with E-state index in [1.165, 1.54) is 11.3 Å². The molecule has 6 heteroatoms. The van der Waals surface area contributed by atoms with Gasteiger partial charge in [0.25, 0.3) is 5.91 Å². The molecule has 0 unspecified atom stereocenters. The Bertz CT molecular complexity index is 769. The van der Waals surface area contributed by atoms with Crippen molar-refractivity contribution >= 4 is 22.2 Å². The molecule has 2 rings (SSSR count). The zero-order chi connectivity index (χ0) is 17.7. The molecule has 24 heavy (non-hydrogen) atoms. The molecule has 0 spiro atoms. The van der Waals surface area contributed by atoms with Gasteiger partial charge in [-0.05, 0) is 28.5 Å². The van der Waals surface area contributed by atoms with E-state index in [0.29, 0.717) is 22.1 Å². The molecule has 1 N–H and O–H groups in total. The average Bonchev–Trinajstić information content (AvgIpc) is 2.96. The van der Waals surface area contributed by atoms with Gasteiger partial charge >= 0.3 is 0 Å². The maximum atomic E-state index is 12.1. The number of ether oxygens (including phenoxy) is 2. The predicted molar refractivity (Wildman–Crippen MR) is 94.9 cm³/mol. The summed E-state index contributed by atoms with van der Waals surface area (Å²) in [5.41, 5.74) is 1.28. The fourth-order valence-electron chi connectivity index (χ4n) is 2.16. The number of carbonyl (C=O) groups is 1. The van der Waals surface area contributed by atoms with E-state index in [2.05, 4.69) is 11.4 Å². The van der Waals surface area contributed by atoms with E-state index in [1.807, 2.05) is 32.2 Å². The lowest BCUT2D eigenvalue weighted by Gasteiger charge is -2.17. The number of nitrogens with zero attached hydrogens (tertiary/aromatic N) is 1. The van der Waals surface area contributed by atoms with Crippen LogP contribution in [0.15, 0.2) is 29.6 Å². The zero-order valence-corrected chi connectivity index (χ0v) is 15.0. The molecule has 1 heterocycles. The van der Waals surface area contributed by atoms with Gasteiger partial charge in [0.05, 0.1) is 12.7 Å². The van der Waals surface area contributed by atoms with Crippen molar-refractivity contribution in [3.63, 3.8) is 0 Å². The Morgan fingerprint density at radius 1 is 1.29 bits per heavy atom. The normalized spacial score (nSPS) is 10.8. The van der Waals surface area contributed by atoms with Crippen LogP contribution < -0.4 is 14.8 Å². The minimum atomic E-state index is -0.320. The number of nitrogens with one attached hydrogen (secondary N) is 1. The third-order valence-electron chi connectivity index (χ3n) is 3.39. The van der Waals surface area contributed by atoms with Gasteiger partial charge < -0.3 is 14.8 Å². The molecule has 0 saturated carbocycles. The molecule has 0 radical (unpaired) electrons. The molecule has 1 amide bonds. The fourth-order valence-corrected chi connectivity index (χ4v) is 3.31. The van der Waals surface area contributed by atoms with Crippen molar-refractivity contribution in [1.29, 1.82) is 5.26 Å². The second kappa shape index (κ2) is 7.37. The van der Waals surface area contributed by atoms with Crippen LogP contribution in [0.5, 0.6) is 11.5 Å². The predicted octanol–water partition coefficient (Wildman–Crippen LogP) is 3.94. The summed E-state index contributed by atoms with van der Waals surface area (Å²) in [6.45, 7) is 5.94. The van der Waals surface area contributed by atoms with Gasteiger partial charge in [0.15, 0.2) is 18.1 Å². The van der Waals surface area contributed by atoms with E-state index in [0.717, 1.165) is 5.56 Å². The van der Waals surface area contributed by atoms with Crippen LogP contribution in [0, 0.1) is 11.3 Å². The highest BCUT2D eigenvalue weighted by molar-refractivity contribution is 7.14. The Labute approximate surface area is 145 Å². The van der Waals surface area contributed by atoms with E-state index in [1.54, 1.807) is 25.3 Å². The number of anilines is 1. The number of hydrogen-bond donors (Lipinski definition) is 1. The monoisotopic (exact) mass is 344 g/mol. The van der Waals surface area contributed by atoms with E-state index in [4.69, 9.17) is 9.47 Å². The Kier molecular flexibility index (Phi) is 5.47. The number of nitriles is 1. The Balaban J connectivity index is 2.06. The molecule has 1 aromatic heterocycles. The first-order valence-electron chi connectivity index (χ1n) is 7.44. The number of hydrogen-bond acceptors (Lipinski definition) is 5. The molecule has 0 atom stereocenters. The van der Waals surface area contributed by atoms with Gasteiger partial charge in [0, 0.05) is 0 Å². The van der Waals surface area contributed by atoms with E-state index in [9.17, 15) is 10.1 Å². The zero-order valence-electron chi connectivity index (χ0n) is 14.2. The van der Waals surface area contributed by atoms with Crippen LogP contribution >= 0.6 is 11.3 Å². The highest BCUT2D eigenvalue weighted by Gasteiger charge is 2.23. The van der Waals surface area contributed by atoms with Gasteiger partial charge in [0.1, 0.15) is 11.1 Å². The molecular formula is C18H20N2O3S. The minimum Gasteiger partial charge on any atom is -0.493 e. The van der Waals surface area contributed by atoms with Crippen molar-refractivity contribution in [2.24, 2.45) is 0 Å². The van der Waals surface area contributed by atoms with Crippen molar-refractivity contribution in [2.75, 3.05) is 19.0 Å². The molecule has 5 nitrogen and oxygen atoms in total. The van der Waals surface area contributed by atoms with Gasteiger partial charge in [-0.3, -0.25) is 4.79 Å². The first-order chi connectivity index (χ1) is 11.4. The van der Waals surface area contributed by atoms with E-state index in [-0.39, 0.29) is 17.9 Å². The maximum Gasteiger partial charge on any atom is 0.262 e. The van der Waals surface area contributed by atoms with Crippen molar-refractivity contribution in [3.8, 4) is 17.6 Å². The molecule has 1 aromatic carbocycles. The number of amides is 1. The summed E-state index contributed by atoms with van der Waals surface area (Å²) in [4.78, 5) is 12.1. The van der Waals surface area contributed by atoms with Gasteiger partial charge in [0.2, 0.25) is 0 Å². The molecule has 126 valence electrons. The molecule has 0 aliphatic heterocycles. The minimum absolute atomic E-state index is 0.154. The van der Waals surface area contributed by atoms with E-state index >= 15 is 0 Å². The second-order valence-corrected chi connectivity index (χ2v) is 7.08. The van der Waals surface area contributed by atoms with Crippen LogP contribution in [0.25, 0.3) is 0 Å². The Morgan fingerprint density at radius 2 is 1.96 bits per heavy atom. The Hall–Kier alpha value is -2.52. The molecule has 0 aliphatic carbocycles. The summed E-state index contributed by atoms with van der Waals surface area (Å²) in [6, 6.07) is 9.30. The molecule has 0 saturated heterocycles. The van der Waals surface area contributed by atoms with Gasteiger partial charge in [-0.1, -0.05) is 32.9 Å². The second-order valence-electron chi connectivity index (χ2n) is 6.20. The number of thiophene rings is 1. The molecular weight excluding hydrogens is 324 g/mol. The summed E-state index contributed by atoms with van der Waals surface area (Å²) in [6.07, 6.45) is 0.